The molecule has 1 heterocycles. The molecule has 0 fully saturated rings. The first kappa shape index (κ1) is 19.5. The van der Waals surface area contributed by atoms with Gasteiger partial charge < -0.3 is 5.32 Å². The first-order valence-electron chi connectivity index (χ1n) is 8.64. The average Bonchev–Trinajstić information content (AvgIpc) is 3.10. The summed E-state index contributed by atoms with van der Waals surface area (Å²) in [4.78, 5) is 12.5. The van der Waals surface area contributed by atoms with Crippen LogP contribution in [-0.2, 0) is 4.79 Å². The van der Waals surface area contributed by atoms with Crippen LogP contribution in [0.25, 0.3) is 5.69 Å². The van der Waals surface area contributed by atoms with Gasteiger partial charge in [0, 0.05) is 10.7 Å². The van der Waals surface area contributed by atoms with E-state index in [9.17, 15) is 4.79 Å². The Hall–Kier alpha value is -2.31. The molecule has 3 rings (SSSR count). The molecular weight excluding hydrogens is 380 g/mol. The Morgan fingerprint density at radius 2 is 2.04 bits per heavy atom. The third-order valence-corrected chi connectivity index (χ3v) is 5.30. The number of rotatable bonds is 6. The number of hydrogen-bond donors (Lipinski definition) is 1. The highest BCUT2D eigenvalue weighted by molar-refractivity contribution is 7.99. The van der Waals surface area contributed by atoms with Crippen LogP contribution in [0.1, 0.15) is 30.9 Å². The van der Waals surface area contributed by atoms with Gasteiger partial charge in [0.2, 0.25) is 5.91 Å². The second-order valence-corrected chi connectivity index (χ2v) is 7.87. The molecule has 0 aliphatic rings. The molecule has 0 spiro atoms. The van der Waals surface area contributed by atoms with Gasteiger partial charge >= 0.3 is 0 Å². The third-order valence-electron chi connectivity index (χ3n) is 4.13. The van der Waals surface area contributed by atoms with Crippen molar-refractivity contribution in [1.29, 1.82) is 0 Å². The smallest absolute Gasteiger partial charge is 0.234 e. The molecule has 1 N–H and O–H groups in total. The molecule has 2 aromatic carbocycles. The van der Waals surface area contributed by atoms with Gasteiger partial charge in [-0.25, -0.2) is 0 Å². The number of thioether (sulfide) groups is 1. The Bertz CT molecular complexity index is 955. The largest absolute Gasteiger partial charge is 0.325 e. The van der Waals surface area contributed by atoms with Crippen molar-refractivity contribution in [3.8, 4) is 5.69 Å². The summed E-state index contributed by atoms with van der Waals surface area (Å²) >= 11 is 7.40. The maximum atomic E-state index is 12.5. The second kappa shape index (κ2) is 8.59. The minimum atomic E-state index is -0.0724. The Labute approximate surface area is 168 Å². The van der Waals surface area contributed by atoms with Crippen molar-refractivity contribution in [2.24, 2.45) is 0 Å². The van der Waals surface area contributed by atoms with Crippen molar-refractivity contribution in [2.45, 2.75) is 31.8 Å². The number of amides is 1. The predicted molar refractivity (Wildman–Crippen MR) is 111 cm³/mol. The van der Waals surface area contributed by atoms with E-state index in [-0.39, 0.29) is 11.7 Å². The zero-order chi connectivity index (χ0) is 19.4. The van der Waals surface area contributed by atoms with Gasteiger partial charge in [-0.05, 0) is 42.2 Å². The molecule has 0 saturated heterocycles. The molecule has 0 bridgehead atoms. The molecule has 5 nitrogen and oxygen atoms in total. The monoisotopic (exact) mass is 400 g/mol. The molecular formula is C20H21ClN4OS. The van der Waals surface area contributed by atoms with E-state index < -0.39 is 0 Å². The van der Waals surface area contributed by atoms with Crippen LogP contribution in [0.5, 0.6) is 0 Å². The highest BCUT2D eigenvalue weighted by Gasteiger charge is 2.14. The Kier molecular flexibility index (Phi) is 6.19. The average molecular weight is 401 g/mol. The minimum absolute atomic E-state index is 0.0724. The molecule has 3 aromatic rings. The predicted octanol–water partition coefficient (Wildman–Crippen LogP) is 5.08. The number of aryl methyl sites for hydroxylation is 1. The molecule has 140 valence electrons. The van der Waals surface area contributed by atoms with Crippen molar-refractivity contribution in [3.63, 3.8) is 0 Å². The topological polar surface area (TPSA) is 59.8 Å². The molecule has 0 saturated carbocycles. The zero-order valence-corrected chi connectivity index (χ0v) is 17.0. The van der Waals surface area contributed by atoms with E-state index in [1.165, 1.54) is 11.8 Å². The summed E-state index contributed by atoms with van der Waals surface area (Å²) in [6.45, 7) is 6.24. The van der Waals surface area contributed by atoms with Crippen LogP contribution in [0.3, 0.4) is 0 Å². The van der Waals surface area contributed by atoms with Gasteiger partial charge in [-0.3, -0.25) is 9.36 Å². The summed E-state index contributed by atoms with van der Waals surface area (Å²) in [5.74, 6) is 0.501. The number of benzene rings is 2. The summed E-state index contributed by atoms with van der Waals surface area (Å²) in [6.07, 6.45) is 1.62. The van der Waals surface area contributed by atoms with Gasteiger partial charge in [-0.2, -0.15) is 0 Å². The van der Waals surface area contributed by atoms with Gasteiger partial charge in [0.15, 0.2) is 5.16 Å². The number of aromatic nitrogens is 3. The SMILES string of the molecule is Cc1cccc(C(C)C)c1NC(=O)CSc1nncn1-c1cccc(Cl)c1. The Balaban J connectivity index is 1.71. The lowest BCUT2D eigenvalue weighted by atomic mass is 9.98. The summed E-state index contributed by atoms with van der Waals surface area (Å²) in [6, 6.07) is 13.5. The molecule has 0 unspecified atom stereocenters. The first-order chi connectivity index (χ1) is 13.0. The molecule has 0 atom stereocenters. The van der Waals surface area contributed by atoms with Gasteiger partial charge in [0.05, 0.1) is 11.4 Å². The summed E-state index contributed by atoms with van der Waals surface area (Å²) < 4.78 is 1.82. The molecule has 1 amide bonds. The third kappa shape index (κ3) is 4.70. The number of carbonyl (C=O) groups is 1. The van der Waals surface area contributed by atoms with E-state index in [4.69, 9.17) is 11.6 Å². The van der Waals surface area contributed by atoms with Crippen LogP contribution in [0.2, 0.25) is 5.02 Å². The van der Waals surface area contributed by atoms with Crippen molar-refractivity contribution in [2.75, 3.05) is 11.1 Å². The van der Waals surface area contributed by atoms with Crippen molar-refractivity contribution in [1.82, 2.24) is 14.8 Å². The van der Waals surface area contributed by atoms with E-state index >= 15 is 0 Å². The van der Waals surface area contributed by atoms with Crippen LogP contribution in [0.4, 0.5) is 5.69 Å². The lowest BCUT2D eigenvalue weighted by Gasteiger charge is -2.16. The number of nitrogens with one attached hydrogen (secondary N) is 1. The summed E-state index contributed by atoms with van der Waals surface area (Å²) in [5.41, 5.74) is 3.95. The van der Waals surface area contributed by atoms with Crippen LogP contribution in [-0.4, -0.2) is 26.4 Å². The number of anilines is 1. The minimum Gasteiger partial charge on any atom is -0.325 e. The maximum Gasteiger partial charge on any atom is 0.234 e. The fraction of sp³-hybridized carbons (Fsp3) is 0.250. The Morgan fingerprint density at radius 3 is 2.78 bits per heavy atom. The van der Waals surface area contributed by atoms with Gasteiger partial charge in [0.25, 0.3) is 0 Å². The van der Waals surface area contributed by atoms with Crippen molar-refractivity contribution < 1.29 is 4.79 Å². The fourth-order valence-electron chi connectivity index (χ4n) is 2.77. The summed E-state index contributed by atoms with van der Waals surface area (Å²) in [7, 11) is 0. The van der Waals surface area contributed by atoms with Gasteiger partial charge in [-0.1, -0.05) is 61.5 Å². The molecule has 0 aliphatic heterocycles. The number of hydrogen-bond acceptors (Lipinski definition) is 4. The van der Waals surface area contributed by atoms with Crippen LogP contribution < -0.4 is 5.32 Å². The number of halogens is 1. The van der Waals surface area contributed by atoms with Crippen LogP contribution in [0.15, 0.2) is 53.9 Å². The van der Waals surface area contributed by atoms with E-state index in [1.807, 2.05) is 47.9 Å². The maximum absolute atomic E-state index is 12.5. The van der Waals surface area contributed by atoms with Crippen LogP contribution >= 0.6 is 23.4 Å². The number of nitrogens with zero attached hydrogens (tertiary/aromatic N) is 3. The van der Waals surface area contributed by atoms with E-state index in [1.54, 1.807) is 6.33 Å². The van der Waals surface area contributed by atoms with E-state index in [0.29, 0.717) is 16.1 Å². The highest BCUT2D eigenvalue weighted by Crippen LogP contribution is 2.28. The highest BCUT2D eigenvalue weighted by atomic mass is 35.5. The van der Waals surface area contributed by atoms with E-state index in [0.717, 1.165) is 22.5 Å². The lowest BCUT2D eigenvalue weighted by Crippen LogP contribution is -2.17. The van der Waals surface area contributed by atoms with Gasteiger partial charge in [-0.15, -0.1) is 10.2 Å². The lowest BCUT2D eigenvalue weighted by molar-refractivity contribution is -0.113. The quantitative estimate of drug-likeness (QED) is 0.586. The molecule has 7 heteroatoms. The number of para-hydroxylation sites is 1. The molecule has 0 aliphatic carbocycles. The standard InChI is InChI=1S/C20H21ClN4OS/c1-13(2)17-9-4-6-14(3)19(17)23-18(26)11-27-20-24-22-12-25(20)16-8-5-7-15(21)10-16/h4-10,12-13H,11H2,1-3H3,(H,23,26). The number of carbonyl (C=O) groups excluding carboxylic acids is 1. The van der Waals surface area contributed by atoms with Crippen LogP contribution in [0, 0.1) is 6.92 Å². The molecule has 27 heavy (non-hydrogen) atoms. The van der Waals surface area contributed by atoms with Crippen molar-refractivity contribution in [3.05, 3.63) is 64.9 Å². The van der Waals surface area contributed by atoms with Gasteiger partial charge in [0.1, 0.15) is 6.33 Å². The second-order valence-electron chi connectivity index (χ2n) is 6.49. The normalized spacial score (nSPS) is 11.0. The van der Waals surface area contributed by atoms with Crippen molar-refractivity contribution >= 4 is 35.0 Å². The molecule has 0 radical (unpaired) electrons. The van der Waals surface area contributed by atoms with E-state index in [2.05, 4.69) is 35.4 Å². The fourth-order valence-corrected chi connectivity index (χ4v) is 3.69. The molecule has 1 aromatic heterocycles. The summed E-state index contributed by atoms with van der Waals surface area (Å²) in [5, 5.41) is 12.4. The first-order valence-corrected chi connectivity index (χ1v) is 10.00. The zero-order valence-electron chi connectivity index (χ0n) is 15.4. The Morgan fingerprint density at radius 1 is 1.26 bits per heavy atom.